The van der Waals surface area contributed by atoms with Crippen molar-refractivity contribution in [3.05, 3.63) is 69.8 Å². The highest BCUT2D eigenvalue weighted by molar-refractivity contribution is 5.43. The van der Waals surface area contributed by atoms with Crippen LogP contribution in [-0.2, 0) is 34.5 Å². The molecule has 0 saturated carbocycles. The Morgan fingerprint density at radius 1 is 0.516 bits per heavy atom. The van der Waals surface area contributed by atoms with Gasteiger partial charge in [0, 0.05) is 0 Å². The van der Waals surface area contributed by atoms with Crippen LogP contribution in [0.25, 0.3) is 0 Å². The maximum atomic E-state index is 2.49. The summed E-state index contributed by atoms with van der Waals surface area (Å²) in [5.74, 6) is 0. The first kappa shape index (κ1) is 25.7. The molecule has 0 aliphatic heterocycles. The van der Waals surface area contributed by atoms with Gasteiger partial charge in [-0.15, -0.1) is 0 Å². The van der Waals surface area contributed by atoms with Crippen LogP contribution in [-0.4, -0.2) is 0 Å². The van der Waals surface area contributed by atoms with Crippen LogP contribution in [0, 0.1) is 0 Å². The molecule has 0 nitrogen and oxygen atoms in total. The highest BCUT2D eigenvalue weighted by Crippen LogP contribution is 2.36. The van der Waals surface area contributed by atoms with Gasteiger partial charge in [0.2, 0.25) is 0 Å². The molecule has 0 radical (unpaired) electrons. The third-order valence-electron chi connectivity index (χ3n) is 6.44. The largest absolute Gasteiger partial charge is 0.0617 e. The fraction of sp³-hybridized carbons (Fsp3) is 0.613. The average Bonchev–Trinajstić information content (AvgIpc) is 2.58. The van der Waals surface area contributed by atoms with Crippen molar-refractivity contribution in [2.24, 2.45) is 0 Å². The molecule has 0 heteroatoms. The van der Waals surface area contributed by atoms with Crippen LogP contribution < -0.4 is 0 Å². The minimum absolute atomic E-state index is 0.166. The van der Waals surface area contributed by atoms with Gasteiger partial charge in [0.25, 0.3) is 0 Å². The van der Waals surface area contributed by atoms with E-state index in [0.29, 0.717) is 0 Å². The van der Waals surface area contributed by atoms with E-state index in [0.717, 1.165) is 12.8 Å². The molecule has 2 aromatic rings. The molecule has 0 bridgehead atoms. The quantitative estimate of drug-likeness (QED) is 0.462. The summed E-state index contributed by atoms with van der Waals surface area (Å²) >= 11 is 0. The average molecular weight is 421 g/mol. The first-order valence-electron chi connectivity index (χ1n) is 12.2. The minimum atomic E-state index is 0.166. The monoisotopic (exact) mass is 420 g/mol. The van der Waals surface area contributed by atoms with Crippen molar-refractivity contribution in [3.63, 3.8) is 0 Å². The van der Waals surface area contributed by atoms with Crippen molar-refractivity contribution in [3.8, 4) is 0 Å². The second-order valence-corrected chi connectivity index (χ2v) is 13.6. The maximum absolute atomic E-state index is 2.49. The molecule has 0 saturated heterocycles. The SMILES string of the molecule is CC(C)(C)c1ccc(C(C)(C)C)c(CCCc2c(C(C)(C)C)cccc2C(C)(C)C)c1. The van der Waals surface area contributed by atoms with Gasteiger partial charge in [-0.1, -0.05) is 119 Å². The van der Waals surface area contributed by atoms with Crippen molar-refractivity contribution in [1.29, 1.82) is 0 Å². The molecule has 2 aromatic carbocycles. The van der Waals surface area contributed by atoms with Crippen molar-refractivity contribution in [1.82, 2.24) is 0 Å². The Morgan fingerprint density at radius 3 is 1.42 bits per heavy atom. The van der Waals surface area contributed by atoms with Gasteiger partial charge in [0.1, 0.15) is 0 Å². The van der Waals surface area contributed by atoms with Gasteiger partial charge in [-0.3, -0.25) is 0 Å². The zero-order valence-corrected chi connectivity index (χ0v) is 22.6. The first-order chi connectivity index (χ1) is 13.9. The van der Waals surface area contributed by atoms with E-state index in [1.807, 2.05) is 0 Å². The molecule has 0 aromatic heterocycles. The standard InChI is InChI=1S/C31H48/c1-28(2,3)23-19-20-25(29(4,5)6)22(21-23)15-13-16-24-26(30(7,8)9)17-14-18-27(24)31(10,11)12/h14,17-21H,13,15-16H2,1-12H3. The Morgan fingerprint density at radius 2 is 1.00 bits per heavy atom. The molecule has 2 rings (SSSR count). The van der Waals surface area contributed by atoms with E-state index in [4.69, 9.17) is 0 Å². The Labute approximate surface area is 193 Å². The van der Waals surface area contributed by atoms with Crippen LogP contribution in [0.5, 0.6) is 0 Å². The lowest BCUT2D eigenvalue weighted by Gasteiger charge is -2.30. The van der Waals surface area contributed by atoms with Gasteiger partial charge in [0.05, 0.1) is 0 Å². The molecule has 172 valence electrons. The number of hydrogen-bond donors (Lipinski definition) is 0. The molecular weight excluding hydrogens is 372 g/mol. The summed E-state index contributed by atoms with van der Waals surface area (Å²) in [6.07, 6.45) is 3.47. The van der Waals surface area contributed by atoms with E-state index in [2.05, 4.69) is 119 Å². The zero-order valence-electron chi connectivity index (χ0n) is 22.6. The van der Waals surface area contributed by atoms with E-state index in [1.54, 1.807) is 5.56 Å². The van der Waals surface area contributed by atoms with Crippen LogP contribution >= 0.6 is 0 Å². The summed E-state index contributed by atoms with van der Waals surface area (Å²) in [5, 5.41) is 0. The van der Waals surface area contributed by atoms with Gasteiger partial charge < -0.3 is 0 Å². The fourth-order valence-corrected chi connectivity index (χ4v) is 4.72. The minimum Gasteiger partial charge on any atom is -0.0617 e. The molecule has 0 atom stereocenters. The maximum Gasteiger partial charge on any atom is -0.0129 e. The van der Waals surface area contributed by atoms with Crippen molar-refractivity contribution >= 4 is 0 Å². The molecule has 31 heavy (non-hydrogen) atoms. The number of aryl methyl sites for hydroxylation is 1. The van der Waals surface area contributed by atoms with E-state index in [9.17, 15) is 0 Å². The highest BCUT2D eigenvalue weighted by Gasteiger charge is 2.25. The van der Waals surface area contributed by atoms with E-state index >= 15 is 0 Å². The molecule has 0 heterocycles. The van der Waals surface area contributed by atoms with Crippen molar-refractivity contribution in [2.75, 3.05) is 0 Å². The lowest BCUT2D eigenvalue weighted by molar-refractivity contribution is 0.549. The Bertz CT molecular complexity index is 851. The van der Waals surface area contributed by atoms with Crippen LogP contribution in [0.3, 0.4) is 0 Å². The third-order valence-corrected chi connectivity index (χ3v) is 6.44. The number of rotatable bonds is 4. The lowest BCUT2D eigenvalue weighted by Crippen LogP contribution is -2.21. The number of hydrogen-bond acceptors (Lipinski definition) is 0. The molecule has 0 unspecified atom stereocenters. The highest BCUT2D eigenvalue weighted by atomic mass is 14.3. The van der Waals surface area contributed by atoms with Crippen molar-refractivity contribution in [2.45, 2.75) is 124 Å². The van der Waals surface area contributed by atoms with E-state index < -0.39 is 0 Å². The molecule has 0 N–H and O–H groups in total. The molecule has 0 amide bonds. The van der Waals surface area contributed by atoms with Gasteiger partial charge in [-0.25, -0.2) is 0 Å². The number of benzene rings is 2. The summed E-state index contributed by atoms with van der Waals surface area (Å²) in [6.45, 7) is 28.1. The van der Waals surface area contributed by atoms with E-state index in [-0.39, 0.29) is 21.7 Å². The Balaban J connectivity index is 2.42. The summed E-state index contributed by atoms with van der Waals surface area (Å²) in [7, 11) is 0. The molecule has 0 spiro atoms. The molecule has 0 fully saturated rings. The van der Waals surface area contributed by atoms with Crippen LogP contribution in [0.15, 0.2) is 36.4 Å². The topological polar surface area (TPSA) is 0 Å². The third kappa shape index (κ3) is 6.47. The summed E-state index contributed by atoms with van der Waals surface area (Å²) < 4.78 is 0. The van der Waals surface area contributed by atoms with Gasteiger partial charge in [-0.2, -0.15) is 0 Å². The summed E-state index contributed by atoms with van der Waals surface area (Å²) in [5.41, 5.74) is 9.77. The van der Waals surface area contributed by atoms with Gasteiger partial charge in [-0.05, 0) is 74.3 Å². The molecule has 0 aliphatic carbocycles. The second-order valence-electron chi connectivity index (χ2n) is 13.6. The predicted molar refractivity (Wildman–Crippen MR) is 140 cm³/mol. The van der Waals surface area contributed by atoms with E-state index in [1.165, 1.54) is 34.2 Å². The Kier molecular flexibility index (Phi) is 7.26. The second kappa shape index (κ2) is 8.76. The van der Waals surface area contributed by atoms with Gasteiger partial charge in [0.15, 0.2) is 0 Å². The summed E-state index contributed by atoms with van der Waals surface area (Å²) in [4.78, 5) is 0. The summed E-state index contributed by atoms with van der Waals surface area (Å²) in [6, 6.07) is 14.2. The van der Waals surface area contributed by atoms with Crippen LogP contribution in [0.4, 0.5) is 0 Å². The smallest absolute Gasteiger partial charge is 0.0129 e. The first-order valence-corrected chi connectivity index (χ1v) is 12.2. The van der Waals surface area contributed by atoms with Crippen LogP contribution in [0.1, 0.15) is 123 Å². The predicted octanol–water partition coefficient (Wildman–Crippen LogP) is 9.05. The zero-order chi connectivity index (χ0) is 23.8. The Hall–Kier alpha value is -1.56. The lowest BCUT2D eigenvalue weighted by atomic mass is 9.74. The van der Waals surface area contributed by atoms with Crippen molar-refractivity contribution < 1.29 is 0 Å². The van der Waals surface area contributed by atoms with Gasteiger partial charge >= 0.3 is 0 Å². The molecule has 0 aliphatic rings. The normalized spacial score (nSPS) is 13.5. The molecular formula is C31H48. The van der Waals surface area contributed by atoms with Crippen LogP contribution in [0.2, 0.25) is 0 Å². The fourth-order valence-electron chi connectivity index (χ4n) is 4.72.